The highest BCUT2D eigenvalue weighted by atomic mass is 15.3. The summed E-state index contributed by atoms with van der Waals surface area (Å²) in [5, 5.41) is 3.79. The van der Waals surface area contributed by atoms with Crippen molar-refractivity contribution >= 4 is 0 Å². The van der Waals surface area contributed by atoms with Crippen LogP contribution >= 0.6 is 0 Å². The van der Waals surface area contributed by atoms with Crippen molar-refractivity contribution in [3.05, 3.63) is 0 Å². The second kappa shape index (κ2) is 7.94. The molecule has 3 heteroatoms. The Hall–Kier alpha value is -0.120. The van der Waals surface area contributed by atoms with Crippen molar-refractivity contribution in [3.63, 3.8) is 0 Å². The Morgan fingerprint density at radius 2 is 1.76 bits per heavy atom. The second-order valence-electron chi connectivity index (χ2n) is 7.51. The van der Waals surface area contributed by atoms with Crippen LogP contribution in [0.25, 0.3) is 0 Å². The molecule has 0 bridgehead atoms. The van der Waals surface area contributed by atoms with E-state index in [0.29, 0.717) is 0 Å². The van der Waals surface area contributed by atoms with E-state index in [9.17, 15) is 0 Å². The fourth-order valence-corrected chi connectivity index (χ4v) is 4.91. The molecule has 1 saturated carbocycles. The van der Waals surface area contributed by atoms with E-state index in [1.807, 2.05) is 0 Å². The van der Waals surface area contributed by atoms with E-state index in [4.69, 9.17) is 0 Å². The molecule has 3 rings (SSSR count). The van der Waals surface area contributed by atoms with E-state index in [2.05, 4.69) is 22.0 Å². The monoisotopic (exact) mass is 293 g/mol. The number of hydrogen-bond acceptors (Lipinski definition) is 3. The summed E-state index contributed by atoms with van der Waals surface area (Å²) >= 11 is 0. The van der Waals surface area contributed by atoms with Crippen molar-refractivity contribution < 1.29 is 0 Å². The van der Waals surface area contributed by atoms with Crippen LogP contribution in [0.5, 0.6) is 0 Å². The van der Waals surface area contributed by atoms with Gasteiger partial charge in [-0.25, -0.2) is 0 Å². The molecule has 0 amide bonds. The van der Waals surface area contributed by atoms with Gasteiger partial charge in [0.2, 0.25) is 0 Å². The Labute approximate surface area is 131 Å². The van der Waals surface area contributed by atoms with Crippen LogP contribution in [0.15, 0.2) is 0 Å². The van der Waals surface area contributed by atoms with Gasteiger partial charge in [0.15, 0.2) is 0 Å². The summed E-state index contributed by atoms with van der Waals surface area (Å²) in [5.41, 5.74) is 0. The standard InChI is InChI=1S/C18H35N3/c1-2-19-18-10-5-3-4-8-16(18)14-20-11-7-13-21-12-6-9-17(21)15-20/h16-19H,2-15H2,1H3. The van der Waals surface area contributed by atoms with Gasteiger partial charge in [0, 0.05) is 25.2 Å². The maximum atomic E-state index is 3.79. The van der Waals surface area contributed by atoms with Crippen molar-refractivity contribution in [2.45, 2.75) is 70.4 Å². The molecule has 3 aliphatic rings. The zero-order valence-electron chi connectivity index (χ0n) is 14.0. The molecule has 0 aromatic rings. The lowest BCUT2D eigenvalue weighted by Crippen LogP contribution is -2.44. The molecule has 3 nitrogen and oxygen atoms in total. The molecule has 0 aromatic carbocycles. The first-order valence-corrected chi connectivity index (χ1v) is 9.56. The van der Waals surface area contributed by atoms with Gasteiger partial charge in [-0.2, -0.15) is 0 Å². The Morgan fingerprint density at radius 1 is 0.905 bits per heavy atom. The largest absolute Gasteiger partial charge is 0.314 e. The van der Waals surface area contributed by atoms with Gasteiger partial charge in [-0.1, -0.05) is 26.2 Å². The van der Waals surface area contributed by atoms with E-state index >= 15 is 0 Å². The van der Waals surface area contributed by atoms with Crippen molar-refractivity contribution in [1.82, 2.24) is 15.1 Å². The first kappa shape index (κ1) is 15.8. The van der Waals surface area contributed by atoms with Crippen LogP contribution in [-0.4, -0.2) is 61.2 Å². The van der Waals surface area contributed by atoms with E-state index in [0.717, 1.165) is 24.5 Å². The van der Waals surface area contributed by atoms with Gasteiger partial charge in [0.1, 0.15) is 0 Å². The Kier molecular flexibility index (Phi) is 5.96. The van der Waals surface area contributed by atoms with Gasteiger partial charge in [0.05, 0.1) is 0 Å². The number of nitrogens with one attached hydrogen (secondary N) is 1. The Bertz CT molecular complexity index is 307. The summed E-state index contributed by atoms with van der Waals surface area (Å²) in [5.74, 6) is 0.889. The average molecular weight is 293 g/mol. The zero-order valence-corrected chi connectivity index (χ0v) is 14.0. The highest BCUT2D eigenvalue weighted by Gasteiger charge is 2.31. The number of hydrogen-bond donors (Lipinski definition) is 1. The molecule has 2 aliphatic heterocycles. The van der Waals surface area contributed by atoms with Crippen molar-refractivity contribution in [2.24, 2.45) is 5.92 Å². The number of nitrogens with zero attached hydrogens (tertiary/aromatic N) is 2. The normalized spacial score (nSPS) is 36.1. The van der Waals surface area contributed by atoms with Crippen LogP contribution in [0.4, 0.5) is 0 Å². The molecule has 21 heavy (non-hydrogen) atoms. The van der Waals surface area contributed by atoms with E-state index in [1.165, 1.54) is 84.1 Å². The topological polar surface area (TPSA) is 18.5 Å². The third-order valence-electron chi connectivity index (χ3n) is 6.01. The summed E-state index contributed by atoms with van der Waals surface area (Å²) < 4.78 is 0. The molecule has 2 heterocycles. The highest BCUT2D eigenvalue weighted by Crippen LogP contribution is 2.27. The first-order chi connectivity index (χ1) is 10.4. The van der Waals surface area contributed by atoms with Crippen LogP contribution in [0.1, 0.15) is 58.3 Å². The smallest absolute Gasteiger partial charge is 0.0223 e. The van der Waals surface area contributed by atoms with Gasteiger partial charge in [-0.05, 0) is 64.2 Å². The van der Waals surface area contributed by atoms with Crippen LogP contribution in [-0.2, 0) is 0 Å². The molecule has 1 aliphatic carbocycles. The number of rotatable bonds is 4. The minimum Gasteiger partial charge on any atom is -0.314 e. The molecule has 1 N–H and O–H groups in total. The molecular weight excluding hydrogens is 258 g/mol. The first-order valence-electron chi connectivity index (χ1n) is 9.56. The van der Waals surface area contributed by atoms with Gasteiger partial charge in [-0.15, -0.1) is 0 Å². The van der Waals surface area contributed by atoms with Crippen LogP contribution in [0, 0.1) is 5.92 Å². The molecule has 3 atom stereocenters. The third-order valence-corrected chi connectivity index (χ3v) is 6.01. The van der Waals surface area contributed by atoms with Gasteiger partial charge in [0.25, 0.3) is 0 Å². The minimum atomic E-state index is 0.778. The third kappa shape index (κ3) is 4.20. The Balaban J connectivity index is 1.57. The summed E-state index contributed by atoms with van der Waals surface area (Å²) in [6, 6.07) is 1.65. The molecule has 122 valence electrons. The predicted octanol–water partition coefficient (Wildman–Crippen LogP) is 2.71. The molecular formula is C18H35N3. The Morgan fingerprint density at radius 3 is 2.67 bits per heavy atom. The lowest BCUT2D eigenvalue weighted by atomic mass is 9.93. The summed E-state index contributed by atoms with van der Waals surface area (Å²) in [6.07, 6.45) is 11.5. The molecule has 2 saturated heterocycles. The van der Waals surface area contributed by atoms with E-state index in [-0.39, 0.29) is 0 Å². The van der Waals surface area contributed by atoms with E-state index in [1.54, 1.807) is 0 Å². The number of fused-ring (bicyclic) bond motifs is 1. The van der Waals surface area contributed by atoms with Crippen LogP contribution in [0.3, 0.4) is 0 Å². The SMILES string of the molecule is CCNC1CCCCCC1CN1CCCN2CCCC2C1. The molecule has 0 spiro atoms. The lowest BCUT2D eigenvalue weighted by Gasteiger charge is -2.32. The molecule has 0 aromatic heterocycles. The quantitative estimate of drug-likeness (QED) is 0.804. The summed E-state index contributed by atoms with van der Waals surface area (Å²) in [7, 11) is 0. The fraction of sp³-hybridized carbons (Fsp3) is 1.00. The van der Waals surface area contributed by atoms with Crippen molar-refractivity contribution in [2.75, 3.05) is 39.3 Å². The van der Waals surface area contributed by atoms with Crippen LogP contribution in [0.2, 0.25) is 0 Å². The average Bonchev–Trinajstić information content (AvgIpc) is 2.69. The second-order valence-corrected chi connectivity index (χ2v) is 7.51. The van der Waals surface area contributed by atoms with Gasteiger partial charge >= 0.3 is 0 Å². The van der Waals surface area contributed by atoms with Crippen molar-refractivity contribution in [1.29, 1.82) is 0 Å². The van der Waals surface area contributed by atoms with Gasteiger partial charge < -0.3 is 10.2 Å². The van der Waals surface area contributed by atoms with Gasteiger partial charge in [-0.3, -0.25) is 4.90 Å². The molecule has 0 radical (unpaired) electrons. The maximum Gasteiger partial charge on any atom is 0.0223 e. The highest BCUT2D eigenvalue weighted by molar-refractivity contribution is 4.88. The molecule has 3 fully saturated rings. The van der Waals surface area contributed by atoms with E-state index < -0.39 is 0 Å². The zero-order chi connectivity index (χ0) is 14.5. The maximum absolute atomic E-state index is 3.79. The van der Waals surface area contributed by atoms with Crippen molar-refractivity contribution in [3.8, 4) is 0 Å². The lowest BCUT2D eigenvalue weighted by molar-refractivity contribution is 0.176. The fourth-order valence-electron chi connectivity index (χ4n) is 4.91. The van der Waals surface area contributed by atoms with Crippen LogP contribution < -0.4 is 5.32 Å². The predicted molar refractivity (Wildman–Crippen MR) is 89.7 cm³/mol. The summed E-state index contributed by atoms with van der Waals surface area (Å²) in [4.78, 5) is 5.57. The minimum absolute atomic E-state index is 0.778. The molecule has 3 unspecified atom stereocenters. The summed E-state index contributed by atoms with van der Waals surface area (Å²) in [6.45, 7) is 10.1.